The van der Waals surface area contributed by atoms with Crippen LogP contribution in [0.5, 0.6) is 5.75 Å². The zero-order valence-electron chi connectivity index (χ0n) is 16.3. The van der Waals surface area contributed by atoms with Crippen LogP contribution in [0.2, 0.25) is 10.0 Å². The minimum absolute atomic E-state index is 0.195. The van der Waals surface area contributed by atoms with Gasteiger partial charge in [0.2, 0.25) is 0 Å². The van der Waals surface area contributed by atoms with Gasteiger partial charge in [0.25, 0.3) is 5.91 Å². The molecule has 2 aromatic carbocycles. The number of aromatic nitrogens is 2. The Hall–Kier alpha value is -2.94. The smallest absolute Gasteiger partial charge is 0.266 e. The summed E-state index contributed by atoms with van der Waals surface area (Å²) in [7, 11) is 0. The number of amides is 1. The van der Waals surface area contributed by atoms with Crippen molar-refractivity contribution < 1.29 is 18.3 Å². The molecule has 4 rings (SSSR count). The Balaban J connectivity index is 1.39. The Morgan fingerprint density at radius 2 is 1.91 bits per heavy atom. The summed E-state index contributed by atoms with van der Waals surface area (Å²) in [5.41, 5.74) is 1.43. The number of benzene rings is 2. The molecule has 0 aliphatic carbocycles. The Morgan fingerprint density at radius 1 is 1.09 bits per heavy atom. The zero-order chi connectivity index (χ0) is 22.7. The van der Waals surface area contributed by atoms with E-state index in [1.807, 2.05) is 0 Å². The molecular weight excluding hydrogens is 479 g/mol. The maximum atomic E-state index is 13.2. The van der Waals surface area contributed by atoms with Gasteiger partial charge in [-0.3, -0.25) is 9.48 Å². The van der Waals surface area contributed by atoms with E-state index in [0.29, 0.717) is 16.2 Å². The average Bonchev–Trinajstić information content (AvgIpc) is 3.35. The monoisotopic (exact) mass is 493 g/mol. The normalized spacial score (nSPS) is 10.9. The molecule has 32 heavy (non-hydrogen) atoms. The largest absolute Gasteiger partial charge is 0.489 e. The molecule has 0 aliphatic rings. The van der Waals surface area contributed by atoms with Gasteiger partial charge in [-0.25, -0.2) is 8.78 Å². The second-order valence-corrected chi connectivity index (χ2v) is 8.50. The molecule has 1 amide bonds. The van der Waals surface area contributed by atoms with Gasteiger partial charge in [-0.05, 0) is 41.3 Å². The third-order valence-electron chi connectivity index (χ3n) is 4.38. The third kappa shape index (κ3) is 5.45. The summed E-state index contributed by atoms with van der Waals surface area (Å²) in [5, 5.41) is 9.25. The van der Waals surface area contributed by atoms with E-state index in [4.69, 9.17) is 27.9 Å². The Bertz CT molecular complexity index is 1280. The molecule has 0 saturated heterocycles. The van der Waals surface area contributed by atoms with Gasteiger partial charge in [0.15, 0.2) is 5.82 Å². The minimum atomic E-state index is -0.429. The second-order valence-electron chi connectivity index (χ2n) is 6.78. The fourth-order valence-corrected chi connectivity index (χ4v) is 4.07. The van der Waals surface area contributed by atoms with E-state index in [1.54, 1.807) is 35.8 Å². The number of ether oxygens (including phenoxy) is 1. The summed E-state index contributed by atoms with van der Waals surface area (Å²) in [5.74, 6) is -0.589. The van der Waals surface area contributed by atoms with Crippen LogP contribution in [0.3, 0.4) is 0 Å². The number of thiophene rings is 1. The SMILES string of the molecule is O=C(Nc1nn(Cc2ccc(F)cc2Cl)cc1Cl)c1cc(COc2cccc(F)c2)cs1. The van der Waals surface area contributed by atoms with E-state index in [1.165, 1.54) is 40.3 Å². The fourth-order valence-electron chi connectivity index (χ4n) is 2.85. The van der Waals surface area contributed by atoms with Gasteiger partial charge in [-0.1, -0.05) is 35.3 Å². The number of nitrogens with one attached hydrogen (secondary N) is 1. The van der Waals surface area contributed by atoms with Crippen LogP contribution in [0.1, 0.15) is 20.8 Å². The molecule has 0 fully saturated rings. The van der Waals surface area contributed by atoms with Crippen molar-refractivity contribution in [3.63, 3.8) is 0 Å². The molecule has 0 radical (unpaired) electrons. The summed E-state index contributed by atoms with van der Waals surface area (Å²) >= 11 is 13.5. The van der Waals surface area contributed by atoms with Gasteiger partial charge in [-0.15, -0.1) is 11.3 Å². The lowest BCUT2D eigenvalue weighted by Crippen LogP contribution is -2.12. The average molecular weight is 494 g/mol. The molecular formula is C22H15Cl2F2N3O2S. The highest BCUT2D eigenvalue weighted by Crippen LogP contribution is 2.25. The molecule has 5 nitrogen and oxygen atoms in total. The number of hydrogen-bond donors (Lipinski definition) is 1. The molecule has 10 heteroatoms. The molecule has 0 unspecified atom stereocenters. The van der Waals surface area contributed by atoms with Gasteiger partial charge in [0, 0.05) is 22.8 Å². The molecule has 0 spiro atoms. The van der Waals surface area contributed by atoms with Crippen molar-refractivity contribution in [2.24, 2.45) is 0 Å². The second kappa shape index (κ2) is 9.68. The Labute approximate surface area is 196 Å². The molecule has 1 N–H and O–H groups in total. The number of halogens is 4. The lowest BCUT2D eigenvalue weighted by molar-refractivity contribution is 0.103. The molecule has 0 bridgehead atoms. The van der Waals surface area contributed by atoms with E-state index in [2.05, 4.69) is 10.4 Å². The van der Waals surface area contributed by atoms with Crippen LogP contribution < -0.4 is 10.1 Å². The van der Waals surface area contributed by atoms with Crippen molar-refractivity contribution in [1.82, 2.24) is 9.78 Å². The molecule has 164 valence electrons. The summed E-state index contributed by atoms with van der Waals surface area (Å²) < 4.78 is 33.5. The van der Waals surface area contributed by atoms with Gasteiger partial charge in [0.1, 0.15) is 29.0 Å². The van der Waals surface area contributed by atoms with Crippen LogP contribution in [0, 0.1) is 11.6 Å². The van der Waals surface area contributed by atoms with Crippen molar-refractivity contribution in [3.8, 4) is 5.75 Å². The number of nitrogens with zero attached hydrogens (tertiary/aromatic N) is 2. The van der Waals surface area contributed by atoms with E-state index < -0.39 is 5.82 Å². The van der Waals surface area contributed by atoms with E-state index in [0.717, 1.165) is 5.56 Å². The van der Waals surface area contributed by atoms with Crippen LogP contribution in [0.25, 0.3) is 0 Å². The van der Waals surface area contributed by atoms with Crippen LogP contribution >= 0.6 is 34.5 Å². The maximum Gasteiger partial charge on any atom is 0.266 e. The molecule has 2 heterocycles. The molecule has 0 aliphatic heterocycles. The number of rotatable bonds is 7. The first-order valence-corrected chi connectivity index (χ1v) is 10.9. The lowest BCUT2D eigenvalue weighted by atomic mass is 10.2. The highest BCUT2D eigenvalue weighted by molar-refractivity contribution is 7.12. The summed E-state index contributed by atoms with van der Waals surface area (Å²) in [6.07, 6.45) is 1.55. The standard InChI is InChI=1S/C22H15Cl2F2N3O2S/c23-18-8-16(26)5-4-14(18)9-29-10-19(24)21(28-29)27-22(30)20-6-13(12-32-20)11-31-17-3-1-2-15(25)7-17/h1-8,10,12H,9,11H2,(H,27,28,30). The number of carbonyl (C=O) groups excluding carboxylic acids is 1. The van der Waals surface area contributed by atoms with Crippen LogP contribution in [0.4, 0.5) is 14.6 Å². The third-order valence-corrected chi connectivity index (χ3v) is 5.98. The van der Waals surface area contributed by atoms with Gasteiger partial charge >= 0.3 is 0 Å². The topological polar surface area (TPSA) is 56.2 Å². The quantitative estimate of drug-likeness (QED) is 0.323. The number of carbonyl (C=O) groups is 1. The van der Waals surface area contributed by atoms with Crippen molar-refractivity contribution in [1.29, 1.82) is 0 Å². The summed E-state index contributed by atoms with van der Waals surface area (Å²) in [4.78, 5) is 13.0. The number of hydrogen-bond acceptors (Lipinski definition) is 4. The minimum Gasteiger partial charge on any atom is -0.489 e. The van der Waals surface area contributed by atoms with Crippen molar-refractivity contribution in [2.45, 2.75) is 13.2 Å². The maximum absolute atomic E-state index is 13.2. The molecule has 0 saturated carbocycles. The fraction of sp³-hybridized carbons (Fsp3) is 0.0909. The predicted molar refractivity (Wildman–Crippen MR) is 121 cm³/mol. The number of anilines is 1. The first-order valence-electron chi connectivity index (χ1n) is 9.31. The first-order chi connectivity index (χ1) is 15.4. The Morgan fingerprint density at radius 3 is 2.69 bits per heavy atom. The van der Waals surface area contributed by atoms with Gasteiger partial charge in [0.05, 0.1) is 11.4 Å². The van der Waals surface area contributed by atoms with Crippen molar-refractivity contribution in [3.05, 3.63) is 97.8 Å². The molecule has 0 atom stereocenters. The van der Waals surface area contributed by atoms with Crippen LogP contribution in [0.15, 0.2) is 60.1 Å². The van der Waals surface area contributed by atoms with E-state index >= 15 is 0 Å². The molecule has 4 aromatic rings. The van der Waals surface area contributed by atoms with E-state index in [9.17, 15) is 13.6 Å². The van der Waals surface area contributed by atoms with Crippen molar-refractivity contribution >= 4 is 46.3 Å². The summed E-state index contributed by atoms with van der Waals surface area (Å²) in [6, 6.07) is 11.6. The summed E-state index contributed by atoms with van der Waals surface area (Å²) in [6.45, 7) is 0.455. The van der Waals surface area contributed by atoms with Gasteiger partial charge in [-0.2, -0.15) is 5.10 Å². The lowest BCUT2D eigenvalue weighted by Gasteiger charge is -2.05. The van der Waals surface area contributed by atoms with E-state index in [-0.39, 0.29) is 40.7 Å². The van der Waals surface area contributed by atoms with Gasteiger partial charge < -0.3 is 10.1 Å². The van der Waals surface area contributed by atoms with Crippen molar-refractivity contribution in [2.75, 3.05) is 5.32 Å². The first kappa shape index (κ1) is 22.3. The highest BCUT2D eigenvalue weighted by Gasteiger charge is 2.15. The van der Waals surface area contributed by atoms with Crippen LogP contribution in [-0.2, 0) is 13.2 Å². The predicted octanol–water partition coefficient (Wildman–Crippen LogP) is 6.41. The van der Waals surface area contributed by atoms with Crippen LogP contribution in [-0.4, -0.2) is 15.7 Å². The molecule has 2 aromatic heterocycles. The highest BCUT2D eigenvalue weighted by atomic mass is 35.5. The Kier molecular flexibility index (Phi) is 6.74. The zero-order valence-corrected chi connectivity index (χ0v) is 18.6.